The third-order valence-corrected chi connectivity index (χ3v) is 2.22. The third-order valence-electron chi connectivity index (χ3n) is 2.22. The van der Waals surface area contributed by atoms with Gasteiger partial charge in [0.25, 0.3) is 0 Å². The van der Waals surface area contributed by atoms with Crippen LogP contribution in [0.5, 0.6) is 0 Å². The van der Waals surface area contributed by atoms with E-state index in [1.54, 1.807) is 6.07 Å². The first kappa shape index (κ1) is 13.6. The van der Waals surface area contributed by atoms with E-state index in [1.807, 2.05) is 6.07 Å². The van der Waals surface area contributed by atoms with E-state index in [0.29, 0.717) is 19.3 Å². The molecule has 1 rings (SSSR count). The highest BCUT2D eigenvalue weighted by atomic mass is 19.1. The maximum Gasteiger partial charge on any atom is 0.140 e. The van der Waals surface area contributed by atoms with Gasteiger partial charge in [-0.2, -0.15) is 5.26 Å². The number of ether oxygens (including phenoxy) is 1. The molecule has 0 bridgehead atoms. The van der Waals surface area contributed by atoms with E-state index in [1.165, 1.54) is 12.1 Å². The smallest absolute Gasteiger partial charge is 0.140 e. The Kier molecular flexibility index (Phi) is 5.61. The number of nitrogens with zero attached hydrogens (tertiary/aromatic N) is 1. The molecule has 0 saturated carbocycles. The second-order valence-electron chi connectivity index (χ2n) is 4.09. The maximum absolute atomic E-state index is 13.0. The summed E-state index contributed by atoms with van der Waals surface area (Å²) in [6.45, 7) is 5.91. The van der Waals surface area contributed by atoms with Crippen LogP contribution < -0.4 is 5.32 Å². The first-order valence-corrected chi connectivity index (χ1v) is 5.63. The number of hydrogen-bond acceptors (Lipinski definition) is 3. The standard InChI is InChI=1S/C13H17FN2O/c1-10(2)16-5-6-17-9-11-3-4-13(14)12(7-11)8-15/h3-4,7,10,16H,5-6,9H2,1-2H3. The lowest BCUT2D eigenvalue weighted by atomic mass is 10.1. The molecule has 1 N–H and O–H groups in total. The zero-order valence-electron chi connectivity index (χ0n) is 10.2. The van der Waals surface area contributed by atoms with Gasteiger partial charge in [-0.15, -0.1) is 0 Å². The van der Waals surface area contributed by atoms with E-state index in [-0.39, 0.29) is 5.56 Å². The SMILES string of the molecule is CC(C)NCCOCc1ccc(F)c(C#N)c1. The summed E-state index contributed by atoms with van der Waals surface area (Å²) in [7, 11) is 0. The highest BCUT2D eigenvalue weighted by Gasteiger charge is 2.02. The molecule has 0 heterocycles. The Morgan fingerprint density at radius 3 is 2.88 bits per heavy atom. The van der Waals surface area contributed by atoms with Crippen LogP contribution in [-0.4, -0.2) is 19.2 Å². The van der Waals surface area contributed by atoms with Crippen molar-refractivity contribution in [3.63, 3.8) is 0 Å². The van der Waals surface area contributed by atoms with Crippen LogP contribution in [0.15, 0.2) is 18.2 Å². The molecule has 0 radical (unpaired) electrons. The summed E-state index contributed by atoms with van der Waals surface area (Å²) in [5.74, 6) is -0.488. The van der Waals surface area contributed by atoms with Gasteiger partial charge in [-0.1, -0.05) is 19.9 Å². The Bertz CT molecular complexity index is 399. The summed E-state index contributed by atoms with van der Waals surface area (Å²) in [5.41, 5.74) is 0.874. The van der Waals surface area contributed by atoms with Gasteiger partial charge >= 0.3 is 0 Å². The fourth-order valence-corrected chi connectivity index (χ4v) is 1.36. The van der Waals surface area contributed by atoms with E-state index in [2.05, 4.69) is 19.2 Å². The van der Waals surface area contributed by atoms with Crippen molar-refractivity contribution in [1.82, 2.24) is 5.32 Å². The number of hydrogen-bond donors (Lipinski definition) is 1. The molecule has 0 amide bonds. The van der Waals surface area contributed by atoms with Gasteiger partial charge in [-0.25, -0.2) is 4.39 Å². The van der Waals surface area contributed by atoms with Gasteiger partial charge in [0.1, 0.15) is 11.9 Å². The molecule has 0 aliphatic heterocycles. The van der Waals surface area contributed by atoms with Gasteiger partial charge < -0.3 is 10.1 Å². The summed E-state index contributed by atoms with van der Waals surface area (Å²) in [6.07, 6.45) is 0. The van der Waals surface area contributed by atoms with Gasteiger partial charge in [0.05, 0.1) is 18.8 Å². The average Bonchev–Trinajstić information content (AvgIpc) is 2.30. The van der Waals surface area contributed by atoms with Crippen LogP contribution in [-0.2, 0) is 11.3 Å². The van der Waals surface area contributed by atoms with E-state index in [4.69, 9.17) is 10.00 Å². The normalized spacial score (nSPS) is 10.5. The number of benzene rings is 1. The van der Waals surface area contributed by atoms with Crippen LogP contribution >= 0.6 is 0 Å². The topological polar surface area (TPSA) is 45.0 Å². The fourth-order valence-electron chi connectivity index (χ4n) is 1.36. The summed E-state index contributed by atoms with van der Waals surface area (Å²) in [6, 6.07) is 6.69. The second kappa shape index (κ2) is 7.00. The first-order chi connectivity index (χ1) is 8.13. The van der Waals surface area contributed by atoms with Crippen LogP contribution in [0, 0.1) is 17.1 Å². The lowest BCUT2D eigenvalue weighted by molar-refractivity contribution is 0.121. The van der Waals surface area contributed by atoms with Gasteiger partial charge in [-0.05, 0) is 17.7 Å². The minimum absolute atomic E-state index is 0.0615. The number of rotatable bonds is 6. The second-order valence-corrected chi connectivity index (χ2v) is 4.09. The number of halogens is 1. The Morgan fingerprint density at radius 2 is 2.24 bits per heavy atom. The molecule has 4 heteroatoms. The summed E-state index contributed by atoms with van der Waals surface area (Å²) in [5, 5.41) is 11.9. The van der Waals surface area contributed by atoms with Crippen LogP contribution in [0.4, 0.5) is 4.39 Å². The van der Waals surface area contributed by atoms with Gasteiger partial charge in [0.2, 0.25) is 0 Å². The zero-order valence-corrected chi connectivity index (χ0v) is 10.2. The van der Waals surface area contributed by atoms with E-state index < -0.39 is 5.82 Å². The predicted molar refractivity (Wildman–Crippen MR) is 63.9 cm³/mol. The van der Waals surface area contributed by atoms with Crippen LogP contribution in [0.3, 0.4) is 0 Å². The highest BCUT2D eigenvalue weighted by molar-refractivity contribution is 5.34. The quantitative estimate of drug-likeness (QED) is 0.770. The molecule has 0 unspecified atom stereocenters. The molecule has 0 aliphatic carbocycles. The molecule has 3 nitrogen and oxygen atoms in total. The summed E-state index contributed by atoms with van der Waals surface area (Å²) >= 11 is 0. The average molecular weight is 236 g/mol. The molecule has 0 aromatic heterocycles. The third kappa shape index (κ3) is 4.94. The van der Waals surface area contributed by atoms with Crippen molar-refractivity contribution in [2.24, 2.45) is 0 Å². The van der Waals surface area contributed by atoms with Crippen molar-refractivity contribution in [3.8, 4) is 6.07 Å². The summed E-state index contributed by atoms with van der Waals surface area (Å²) in [4.78, 5) is 0. The van der Waals surface area contributed by atoms with Crippen molar-refractivity contribution in [3.05, 3.63) is 35.1 Å². The molecular weight excluding hydrogens is 219 g/mol. The molecule has 0 saturated heterocycles. The fraction of sp³-hybridized carbons (Fsp3) is 0.462. The molecule has 0 aliphatic rings. The minimum atomic E-state index is -0.488. The van der Waals surface area contributed by atoms with Crippen molar-refractivity contribution < 1.29 is 9.13 Å². The largest absolute Gasteiger partial charge is 0.375 e. The van der Waals surface area contributed by atoms with E-state index in [0.717, 1.165) is 12.1 Å². The lowest BCUT2D eigenvalue weighted by Crippen LogP contribution is -2.26. The Morgan fingerprint density at radius 1 is 1.47 bits per heavy atom. The maximum atomic E-state index is 13.0. The van der Waals surface area contributed by atoms with Crippen molar-refractivity contribution in [2.45, 2.75) is 26.5 Å². The monoisotopic (exact) mass is 236 g/mol. The molecule has 0 fully saturated rings. The van der Waals surface area contributed by atoms with Gasteiger partial charge in [-0.3, -0.25) is 0 Å². The van der Waals surface area contributed by atoms with Crippen LogP contribution in [0.25, 0.3) is 0 Å². The lowest BCUT2D eigenvalue weighted by Gasteiger charge is -2.08. The van der Waals surface area contributed by atoms with E-state index in [9.17, 15) is 4.39 Å². The predicted octanol–water partition coefficient (Wildman–Crippen LogP) is 2.21. The number of nitriles is 1. The van der Waals surface area contributed by atoms with Crippen LogP contribution in [0.2, 0.25) is 0 Å². The molecule has 1 aromatic carbocycles. The molecule has 0 atom stereocenters. The van der Waals surface area contributed by atoms with Gasteiger partial charge in [0, 0.05) is 12.6 Å². The molecular formula is C13H17FN2O. The number of nitrogens with one attached hydrogen (secondary N) is 1. The zero-order chi connectivity index (χ0) is 12.7. The first-order valence-electron chi connectivity index (χ1n) is 5.63. The van der Waals surface area contributed by atoms with Crippen LogP contribution in [0.1, 0.15) is 25.0 Å². The minimum Gasteiger partial charge on any atom is -0.375 e. The Balaban J connectivity index is 2.35. The van der Waals surface area contributed by atoms with Crippen molar-refractivity contribution in [1.29, 1.82) is 5.26 Å². The van der Waals surface area contributed by atoms with Crippen molar-refractivity contribution in [2.75, 3.05) is 13.2 Å². The van der Waals surface area contributed by atoms with Crippen molar-refractivity contribution >= 4 is 0 Å². The molecule has 17 heavy (non-hydrogen) atoms. The van der Waals surface area contributed by atoms with E-state index >= 15 is 0 Å². The Hall–Kier alpha value is -1.44. The highest BCUT2D eigenvalue weighted by Crippen LogP contribution is 2.10. The molecule has 0 spiro atoms. The summed E-state index contributed by atoms with van der Waals surface area (Å²) < 4.78 is 18.4. The Labute approximate surface area is 101 Å². The molecule has 1 aromatic rings. The molecule has 92 valence electrons. The van der Waals surface area contributed by atoms with Gasteiger partial charge in [0.15, 0.2) is 0 Å².